The van der Waals surface area contributed by atoms with Crippen LogP contribution in [0.4, 0.5) is 0 Å². The van der Waals surface area contributed by atoms with Crippen LogP contribution in [0.2, 0.25) is 0 Å². The zero-order chi connectivity index (χ0) is 15.1. The molecule has 3 rings (SSSR count). The second-order valence-corrected chi connectivity index (χ2v) is 8.13. The zero-order valence-corrected chi connectivity index (χ0v) is 12.9. The van der Waals surface area contributed by atoms with E-state index in [-0.39, 0.29) is 23.5 Å². The van der Waals surface area contributed by atoms with Crippen LogP contribution in [0.15, 0.2) is 4.52 Å². The molecule has 0 aromatic carbocycles. The molecule has 0 amide bonds. The van der Waals surface area contributed by atoms with Crippen molar-refractivity contribution in [2.24, 2.45) is 5.92 Å². The van der Waals surface area contributed by atoms with Gasteiger partial charge in [0.15, 0.2) is 5.82 Å². The Morgan fingerprint density at radius 3 is 2.62 bits per heavy atom. The monoisotopic (exact) mass is 315 g/mol. The molecule has 2 fully saturated rings. The van der Waals surface area contributed by atoms with E-state index in [4.69, 9.17) is 4.52 Å². The van der Waals surface area contributed by atoms with Gasteiger partial charge < -0.3 is 9.63 Å². The van der Waals surface area contributed by atoms with E-state index in [1.54, 1.807) is 0 Å². The van der Waals surface area contributed by atoms with Crippen molar-refractivity contribution in [2.45, 2.75) is 62.8 Å². The molecule has 1 aromatic heterocycles. The topological polar surface area (TPSA) is 105 Å². The summed E-state index contributed by atoms with van der Waals surface area (Å²) in [4.78, 5) is 4.10. The minimum absolute atomic E-state index is 0.0605. The van der Waals surface area contributed by atoms with Crippen molar-refractivity contribution in [3.05, 3.63) is 11.7 Å². The summed E-state index contributed by atoms with van der Waals surface area (Å²) in [5.74, 6) is 0.520. The van der Waals surface area contributed by atoms with Crippen LogP contribution >= 0.6 is 0 Å². The number of nitrogens with zero attached hydrogens (tertiary/aromatic N) is 2. The lowest BCUT2D eigenvalue weighted by atomic mass is 9.79. The summed E-state index contributed by atoms with van der Waals surface area (Å²) >= 11 is 0. The molecule has 2 N–H and O–H groups in total. The Bertz CT molecular complexity index is 601. The summed E-state index contributed by atoms with van der Waals surface area (Å²) in [6, 6.07) is 0.0605. The summed E-state index contributed by atoms with van der Waals surface area (Å²) < 4.78 is 31.4. The minimum atomic E-state index is -3.43. The average molecular weight is 315 g/mol. The van der Waals surface area contributed by atoms with E-state index in [0.717, 1.165) is 25.7 Å². The van der Waals surface area contributed by atoms with Gasteiger partial charge in [-0.25, -0.2) is 13.1 Å². The summed E-state index contributed by atoms with van der Waals surface area (Å²) in [5.41, 5.74) is -1.11. The first-order valence-corrected chi connectivity index (χ1v) is 9.07. The van der Waals surface area contributed by atoms with Crippen LogP contribution in [0.1, 0.15) is 57.2 Å². The number of hydrogen-bond donors (Lipinski definition) is 2. The van der Waals surface area contributed by atoms with Crippen molar-refractivity contribution in [3.63, 3.8) is 0 Å². The van der Waals surface area contributed by atoms with Crippen molar-refractivity contribution in [1.82, 2.24) is 14.9 Å². The van der Waals surface area contributed by atoms with E-state index < -0.39 is 15.6 Å². The third-order valence-corrected chi connectivity index (χ3v) is 5.54. The van der Waals surface area contributed by atoms with Crippen molar-refractivity contribution < 1.29 is 18.0 Å². The zero-order valence-electron chi connectivity index (χ0n) is 12.1. The summed E-state index contributed by atoms with van der Waals surface area (Å²) in [6.07, 6.45) is 4.71. The van der Waals surface area contributed by atoms with E-state index >= 15 is 0 Å². The number of sulfonamides is 1. The van der Waals surface area contributed by atoms with Crippen LogP contribution in [0.5, 0.6) is 0 Å². The van der Waals surface area contributed by atoms with E-state index in [0.29, 0.717) is 18.8 Å². The van der Waals surface area contributed by atoms with Crippen LogP contribution in [0.25, 0.3) is 0 Å². The van der Waals surface area contributed by atoms with Crippen molar-refractivity contribution in [2.75, 3.05) is 0 Å². The Morgan fingerprint density at radius 1 is 1.33 bits per heavy atom. The van der Waals surface area contributed by atoms with E-state index in [1.165, 1.54) is 0 Å². The number of hydrogen-bond acceptors (Lipinski definition) is 6. The quantitative estimate of drug-likeness (QED) is 0.841. The van der Waals surface area contributed by atoms with Gasteiger partial charge in [-0.3, -0.25) is 0 Å². The van der Waals surface area contributed by atoms with Gasteiger partial charge in [-0.05, 0) is 44.4 Å². The van der Waals surface area contributed by atoms with Gasteiger partial charge >= 0.3 is 0 Å². The SMILES string of the molecule is CC1CCC(O)(c2nc(CS(=O)(=O)NC3CC3)no2)CC1. The lowest BCUT2D eigenvalue weighted by Crippen LogP contribution is -2.31. The average Bonchev–Trinajstić information content (AvgIpc) is 3.07. The lowest BCUT2D eigenvalue weighted by Gasteiger charge is -2.31. The highest BCUT2D eigenvalue weighted by Crippen LogP contribution is 2.38. The van der Waals surface area contributed by atoms with Crippen LogP contribution in [0, 0.1) is 5.92 Å². The molecule has 1 aromatic rings. The maximum absolute atomic E-state index is 11.9. The molecule has 0 atom stereocenters. The molecular weight excluding hydrogens is 294 g/mol. The molecule has 1 heterocycles. The maximum Gasteiger partial charge on any atom is 0.258 e. The fourth-order valence-corrected chi connectivity index (χ4v) is 3.91. The highest BCUT2D eigenvalue weighted by molar-refractivity contribution is 7.88. The third-order valence-electron chi connectivity index (χ3n) is 4.21. The van der Waals surface area contributed by atoms with Crippen LogP contribution < -0.4 is 4.72 Å². The lowest BCUT2D eigenvalue weighted by molar-refractivity contribution is -0.0384. The van der Waals surface area contributed by atoms with Gasteiger partial charge in [0.25, 0.3) is 5.89 Å². The summed E-state index contributed by atoms with van der Waals surface area (Å²) in [5, 5.41) is 14.3. The first-order valence-electron chi connectivity index (χ1n) is 7.42. The molecule has 0 spiro atoms. The Kier molecular flexibility index (Phi) is 3.79. The molecule has 2 aliphatic carbocycles. The van der Waals surface area contributed by atoms with Gasteiger partial charge in [-0.2, -0.15) is 4.98 Å². The predicted octanol–water partition coefficient (Wildman–Crippen LogP) is 1.05. The van der Waals surface area contributed by atoms with Gasteiger partial charge in [0.05, 0.1) is 0 Å². The largest absolute Gasteiger partial charge is 0.380 e. The molecule has 2 saturated carbocycles. The molecule has 0 aliphatic heterocycles. The number of aromatic nitrogens is 2. The first kappa shape index (κ1) is 14.9. The van der Waals surface area contributed by atoms with Gasteiger partial charge in [0, 0.05) is 6.04 Å². The van der Waals surface area contributed by atoms with Crippen LogP contribution in [0.3, 0.4) is 0 Å². The Morgan fingerprint density at radius 2 is 2.00 bits per heavy atom. The molecule has 0 bridgehead atoms. The highest BCUT2D eigenvalue weighted by atomic mass is 32.2. The van der Waals surface area contributed by atoms with Crippen LogP contribution in [-0.2, 0) is 21.4 Å². The molecule has 0 radical (unpaired) electrons. The van der Waals surface area contributed by atoms with E-state index in [9.17, 15) is 13.5 Å². The first-order chi connectivity index (χ1) is 9.86. The number of rotatable bonds is 5. The molecule has 0 saturated heterocycles. The van der Waals surface area contributed by atoms with Crippen molar-refractivity contribution in [1.29, 1.82) is 0 Å². The molecule has 118 valence electrons. The van der Waals surface area contributed by atoms with Gasteiger partial charge in [-0.15, -0.1) is 0 Å². The molecule has 2 aliphatic rings. The van der Waals surface area contributed by atoms with Crippen molar-refractivity contribution in [3.8, 4) is 0 Å². The molecular formula is C13H21N3O4S. The molecule has 7 nitrogen and oxygen atoms in total. The second kappa shape index (κ2) is 5.33. The van der Waals surface area contributed by atoms with Gasteiger partial charge in [-0.1, -0.05) is 12.1 Å². The summed E-state index contributed by atoms with van der Waals surface area (Å²) in [6.45, 7) is 2.15. The second-order valence-electron chi connectivity index (χ2n) is 6.38. The number of nitrogens with one attached hydrogen (secondary N) is 1. The van der Waals surface area contributed by atoms with Gasteiger partial charge in [0.1, 0.15) is 11.4 Å². The Labute approximate surface area is 124 Å². The van der Waals surface area contributed by atoms with Crippen molar-refractivity contribution >= 4 is 10.0 Å². The standard InChI is InChI=1S/C13H21N3O4S/c1-9-4-6-13(17,7-5-9)12-14-11(15-20-12)8-21(18,19)16-10-2-3-10/h9-10,16-17H,2-8H2,1H3. The van der Waals surface area contributed by atoms with Gasteiger partial charge in [0.2, 0.25) is 10.0 Å². The fraction of sp³-hybridized carbons (Fsp3) is 0.846. The highest BCUT2D eigenvalue weighted by Gasteiger charge is 2.39. The Hall–Kier alpha value is -0.990. The normalized spacial score (nSPS) is 30.5. The smallest absolute Gasteiger partial charge is 0.258 e. The Balaban J connectivity index is 1.68. The number of aliphatic hydroxyl groups is 1. The predicted molar refractivity (Wildman–Crippen MR) is 74.6 cm³/mol. The molecule has 21 heavy (non-hydrogen) atoms. The van der Waals surface area contributed by atoms with Crippen LogP contribution in [-0.4, -0.2) is 29.7 Å². The summed E-state index contributed by atoms with van der Waals surface area (Å²) in [7, 11) is -3.43. The van der Waals surface area contributed by atoms with E-state index in [2.05, 4.69) is 21.8 Å². The van der Waals surface area contributed by atoms with E-state index in [1.807, 2.05) is 0 Å². The minimum Gasteiger partial charge on any atom is -0.380 e. The fourth-order valence-electron chi connectivity index (χ4n) is 2.62. The molecule has 8 heteroatoms. The maximum atomic E-state index is 11.9. The third kappa shape index (κ3) is 3.61. The molecule has 0 unspecified atom stereocenters.